The lowest BCUT2D eigenvalue weighted by atomic mass is 10.1. The molecule has 0 spiro atoms. The van der Waals surface area contributed by atoms with Gasteiger partial charge in [-0.2, -0.15) is 5.10 Å². The minimum atomic E-state index is -0.260. The summed E-state index contributed by atoms with van der Waals surface area (Å²) in [5.74, 6) is -0.260. The van der Waals surface area contributed by atoms with E-state index in [2.05, 4.69) is 15.4 Å². The third kappa shape index (κ3) is 4.65. The lowest BCUT2D eigenvalue weighted by Crippen LogP contribution is -2.18. The number of anilines is 1. The van der Waals surface area contributed by atoms with E-state index < -0.39 is 0 Å². The monoisotopic (exact) mass is 422 g/mol. The van der Waals surface area contributed by atoms with Gasteiger partial charge in [0, 0.05) is 22.5 Å². The van der Waals surface area contributed by atoms with Crippen molar-refractivity contribution in [1.82, 2.24) is 14.8 Å². The average Bonchev–Trinajstić information content (AvgIpc) is 3.16. The second-order valence-electron chi connectivity index (χ2n) is 6.39. The number of amides is 1. The Labute approximate surface area is 177 Å². The highest BCUT2D eigenvalue weighted by Gasteiger charge is 2.17. The van der Waals surface area contributed by atoms with Crippen molar-refractivity contribution in [2.24, 2.45) is 0 Å². The Bertz CT molecular complexity index is 1120. The second-order valence-corrected chi connectivity index (χ2v) is 7.21. The number of pyridine rings is 1. The molecule has 4 rings (SSSR count). The van der Waals surface area contributed by atoms with Crippen LogP contribution in [-0.2, 0) is 6.54 Å². The van der Waals surface area contributed by atoms with Gasteiger partial charge in [0.1, 0.15) is 10.8 Å². The molecule has 0 unspecified atom stereocenters. The molecule has 0 bridgehead atoms. The Hall–Kier alpha value is -3.15. The van der Waals surface area contributed by atoms with Gasteiger partial charge in [0.2, 0.25) is 0 Å². The van der Waals surface area contributed by atoms with Gasteiger partial charge in [-0.3, -0.25) is 9.48 Å². The lowest BCUT2D eigenvalue weighted by Gasteiger charge is -2.08. The first-order valence-corrected chi connectivity index (χ1v) is 9.65. The Kier molecular flexibility index (Phi) is 5.60. The van der Waals surface area contributed by atoms with Gasteiger partial charge < -0.3 is 5.32 Å². The molecule has 1 amide bonds. The van der Waals surface area contributed by atoms with Crippen LogP contribution in [-0.4, -0.2) is 20.7 Å². The summed E-state index contributed by atoms with van der Waals surface area (Å²) in [5.41, 5.74) is 3.63. The van der Waals surface area contributed by atoms with Crippen molar-refractivity contribution < 1.29 is 4.79 Å². The zero-order valence-electron chi connectivity index (χ0n) is 15.2. The molecule has 4 aromatic rings. The van der Waals surface area contributed by atoms with Crippen molar-refractivity contribution >= 4 is 34.8 Å². The van der Waals surface area contributed by atoms with E-state index in [1.54, 1.807) is 47.3 Å². The molecule has 2 heterocycles. The van der Waals surface area contributed by atoms with Crippen molar-refractivity contribution in [3.05, 3.63) is 100 Å². The Balaban J connectivity index is 1.67. The van der Waals surface area contributed by atoms with Crippen LogP contribution in [0.3, 0.4) is 0 Å². The highest BCUT2D eigenvalue weighted by molar-refractivity contribution is 6.30. The molecule has 29 heavy (non-hydrogen) atoms. The summed E-state index contributed by atoms with van der Waals surface area (Å²) in [6.07, 6.45) is 1.67. The van der Waals surface area contributed by atoms with E-state index in [0.29, 0.717) is 33.8 Å². The van der Waals surface area contributed by atoms with Crippen LogP contribution >= 0.6 is 23.2 Å². The van der Waals surface area contributed by atoms with Gasteiger partial charge in [-0.1, -0.05) is 59.6 Å². The number of halogens is 2. The number of rotatable bonds is 5. The predicted octanol–water partition coefficient (Wildman–Crippen LogP) is 5.55. The molecule has 1 N–H and O–H groups in total. The first-order valence-electron chi connectivity index (χ1n) is 8.89. The van der Waals surface area contributed by atoms with Crippen molar-refractivity contribution in [1.29, 1.82) is 0 Å². The number of hydrogen-bond acceptors (Lipinski definition) is 3. The van der Waals surface area contributed by atoms with Gasteiger partial charge in [0.25, 0.3) is 5.91 Å². The van der Waals surface area contributed by atoms with E-state index in [-0.39, 0.29) is 5.91 Å². The molecule has 0 aliphatic rings. The Morgan fingerprint density at radius 3 is 2.41 bits per heavy atom. The largest absolute Gasteiger partial charge is 0.321 e. The lowest BCUT2D eigenvalue weighted by molar-refractivity contribution is 0.101. The highest BCUT2D eigenvalue weighted by atomic mass is 35.5. The van der Waals surface area contributed by atoms with Crippen molar-refractivity contribution in [2.45, 2.75) is 6.54 Å². The molecular formula is C22H16Cl2N4O. The topological polar surface area (TPSA) is 59.8 Å². The van der Waals surface area contributed by atoms with E-state index in [1.807, 2.05) is 36.4 Å². The third-order valence-corrected chi connectivity index (χ3v) is 4.78. The molecule has 2 aromatic heterocycles. The standard InChI is InChI=1S/C22H16Cl2N4O/c23-17-7-9-18(10-8-17)26-22(29)20-12-19(16-4-2-1-3-5-16)27-28(20)14-15-6-11-21(24)25-13-15/h1-13H,14H2,(H,26,29). The molecule has 0 radical (unpaired) electrons. The number of carbonyl (C=O) groups is 1. The van der Waals surface area contributed by atoms with E-state index in [1.165, 1.54) is 0 Å². The summed E-state index contributed by atoms with van der Waals surface area (Å²) in [5, 5.41) is 8.56. The molecule has 144 valence electrons. The SMILES string of the molecule is O=C(Nc1ccc(Cl)cc1)c1cc(-c2ccccc2)nn1Cc1ccc(Cl)nc1. The molecule has 2 aromatic carbocycles. The number of nitrogens with zero attached hydrogens (tertiary/aromatic N) is 3. The van der Waals surface area contributed by atoms with Gasteiger partial charge in [0.05, 0.1) is 12.2 Å². The molecule has 5 nitrogen and oxygen atoms in total. The van der Waals surface area contributed by atoms with Crippen molar-refractivity contribution in [2.75, 3.05) is 5.32 Å². The maximum atomic E-state index is 13.0. The van der Waals surface area contributed by atoms with Crippen LogP contribution in [0.4, 0.5) is 5.69 Å². The predicted molar refractivity (Wildman–Crippen MR) is 115 cm³/mol. The molecule has 0 aliphatic carbocycles. The van der Waals surface area contributed by atoms with Crippen LogP contribution in [0.25, 0.3) is 11.3 Å². The van der Waals surface area contributed by atoms with Crippen LogP contribution in [0.5, 0.6) is 0 Å². The van der Waals surface area contributed by atoms with E-state index >= 15 is 0 Å². The molecule has 7 heteroatoms. The highest BCUT2D eigenvalue weighted by Crippen LogP contribution is 2.21. The fourth-order valence-corrected chi connectivity index (χ4v) is 3.11. The van der Waals surface area contributed by atoms with Crippen LogP contribution in [0.1, 0.15) is 16.1 Å². The van der Waals surface area contributed by atoms with Crippen LogP contribution < -0.4 is 5.32 Å². The molecule has 0 fully saturated rings. The Morgan fingerprint density at radius 2 is 1.72 bits per heavy atom. The Morgan fingerprint density at radius 1 is 0.966 bits per heavy atom. The van der Waals surface area contributed by atoms with Crippen LogP contribution in [0.15, 0.2) is 79.0 Å². The summed E-state index contributed by atoms with van der Waals surface area (Å²) in [4.78, 5) is 17.1. The summed E-state index contributed by atoms with van der Waals surface area (Å²) >= 11 is 11.8. The number of hydrogen-bond donors (Lipinski definition) is 1. The minimum Gasteiger partial charge on any atom is -0.321 e. The number of benzene rings is 2. The quantitative estimate of drug-likeness (QED) is 0.428. The maximum absolute atomic E-state index is 13.0. The normalized spacial score (nSPS) is 10.7. The zero-order chi connectivity index (χ0) is 20.2. The molecule has 0 saturated carbocycles. The number of aromatic nitrogens is 3. The van der Waals surface area contributed by atoms with E-state index in [0.717, 1.165) is 11.1 Å². The molecule has 0 aliphatic heterocycles. The summed E-state index contributed by atoms with van der Waals surface area (Å²) in [6, 6.07) is 22.0. The van der Waals surface area contributed by atoms with Crippen molar-refractivity contribution in [3.63, 3.8) is 0 Å². The number of carbonyl (C=O) groups excluding carboxylic acids is 1. The van der Waals surface area contributed by atoms with E-state index in [9.17, 15) is 4.79 Å². The average molecular weight is 423 g/mol. The van der Waals surface area contributed by atoms with Crippen LogP contribution in [0.2, 0.25) is 10.2 Å². The summed E-state index contributed by atoms with van der Waals surface area (Å²) in [6.45, 7) is 0.389. The van der Waals surface area contributed by atoms with Crippen molar-refractivity contribution in [3.8, 4) is 11.3 Å². The summed E-state index contributed by atoms with van der Waals surface area (Å²) < 4.78 is 1.67. The fourth-order valence-electron chi connectivity index (χ4n) is 2.87. The summed E-state index contributed by atoms with van der Waals surface area (Å²) in [7, 11) is 0. The first-order chi connectivity index (χ1) is 14.1. The van der Waals surface area contributed by atoms with Gasteiger partial charge >= 0.3 is 0 Å². The minimum absolute atomic E-state index is 0.260. The maximum Gasteiger partial charge on any atom is 0.273 e. The van der Waals surface area contributed by atoms with Crippen LogP contribution in [0, 0.1) is 0 Å². The smallest absolute Gasteiger partial charge is 0.273 e. The number of nitrogens with one attached hydrogen (secondary N) is 1. The third-order valence-electron chi connectivity index (χ3n) is 4.31. The zero-order valence-corrected chi connectivity index (χ0v) is 16.7. The fraction of sp³-hybridized carbons (Fsp3) is 0.0455. The van der Waals surface area contributed by atoms with Gasteiger partial charge in [-0.15, -0.1) is 0 Å². The van der Waals surface area contributed by atoms with Gasteiger partial charge in [0.15, 0.2) is 0 Å². The second kappa shape index (κ2) is 8.47. The van der Waals surface area contributed by atoms with Gasteiger partial charge in [-0.25, -0.2) is 4.98 Å². The molecule has 0 saturated heterocycles. The van der Waals surface area contributed by atoms with Gasteiger partial charge in [-0.05, 0) is 42.0 Å². The molecular weight excluding hydrogens is 407 g/mol. The first kappa shape index (κ1) is 19.2. The van der Waals surface area contributed by atoms with E-state index in [4.69, 9.17) is 23.2 Å². The molecule has 0 atom stereocenters.